The van der Waals surface area contributed by atoms with Crippen LogP contribution in [0.2, 0.25) is 0 Å². The Kier molecular flexibility index (Phi) is 3.66. The molecule has 1 aromatic rings. The first-order valence-electron chi connectivity index (χ1n) is 4.83. The van der Waals surface area contributed by atoms with Crippen molar-refractivity contribution in [3.63, 3.8) is 0 Å². The molecular formula is C13H12N2. The molecule has 1 rings (SSSR count). The lowest BCUT2D eigenvalue weighted by molar-refractivity contribution is 1.14. The minimum atomic E-state index is 0.184. The molecule has 0 unspecified atom stereocenters. The van der Waals surface area contributed by atoms with Gasteiger partial charge in [0.15, 0.2) is 0 Å². The molecular weight excluding hydrogens is 184 g/mol. The highest BCUT2D eigenvalue weighted by Crippen LogP contribution is 2.18. The molecule has 0 spiro atoms. The highest BCUT2D eigenvalue weighted by molar-refractivity contribution is 5.73. The van der Waals surface area contributed by atoms with Crippen molar-refractivity contribution in [1.29, 1.82) is 10.5 Å². The van der Waals surface area contributed by atoms with E-state index in [2.05, 4.69) is 6.92 Å². The van der Waals surface area contributed by atoms with Crippen LogP contribution in [0.15, 0.2) is 29.8 Å². The van der Waals surface area contributed by atoms with Crippen LogP contribution in [-0.2, 0) is 6.42 Å². The summed E-state index contributed by atoms with van der Waals surface area (Å²) in [7, 11) is 0. The molecule has 15 heavy (non-hydrogen) atoms. The van der Waals surface area contributed by atoms with Crippen molar-refractivity contribution >= 4 is 5.57 Å². The Morgan fingerprint density at radius 3 is 2.47 bits per heavy atom. The molecule has 1 aromatic carbocycles. The molecule has 0 radical (unpaired) electrons. The van der Waals surface area contributed by atoms with Crippen LogP contribution in [0.25, 0.3) is 5.57 Å². The molecule has 0 aliphatic heterocycles. The third-order valence-corrected chi connectivity index (χ3v) is 2.37. The average molecular weight is 196 g/mol. The maximum atomic E-state index is 8.75. The molecule has 0 aliphatic rings. The van der Waals surface area contributed by atoms with Crippen molar-refractivity contribution in [2.24, 2.45) is 0 Å². The van der Waals surface area contributed by atoms with E-state index in [0.29, 0.717) is 0 Å². The Labute approximate surface area is 90.1 Å². The smallest absolute Gasteiger partial charge is 0.133 e. The van der Waals surface area contributed by atoms with Crippen LogP contribution in [0.3, 0.4) is 0 Å². The van der Waals surface area contributed by atoms with E-state index in [0.717, 1.165) is 17.6 Å². The van der Waals surface area contributed by atoms with Gasteiger partial charge in [-0.2, -0.15) is 10.5 Å². The lowest BCUT2D eigenvalue weighted by atomic mass is 10.00. The van der Waals surface area contributed by atoms with E-state index in [9.17, 15) is 0 Å². The number of nitriles is 2. The van der Waals surface area contributed by atoms with Crippen LogP contribution in [0.4, 0.5) is 0 Å². The van der Waals surface area contributed by atoms with Crippen molar-refractivity contribution in [1.82, 2.24) is 0 Å². The Morgan fingerprint density at radius 1 is 1.27 bits per heavy atom. The minimum Gasteiger partial charge on any atom is -0.192 e. The summed E-state index contributed by atoms with van der Waals surface area (Å²) < 4.78 is 0. The third kappa shape index (κ3) is 2.45. The summed E-state index contributed by atoms with van der Waals surface area (Å²) in [6.45, 7) is 3.88. The van der Waals surface area contributed by atoms with Gasteiger partial charge in [0.2, 0.25) is 0 Å². The average Bonchev–Trinajstić information content (AvgIpc) is 2.30. The first-order chi connectivity index (χ1) is 7.22. The van der Waals surface area contributed by atoms with Crippen LogP contribution < -0.4 is 0 Å². The van der Waals surface area contributed by atoms with Gasteiger partial charge in [-0.15, -0.1) is 0 Å². The third-order valence-electron chi connectivity index (χ3n) is 2.37. The molecule has 0 aliphatic carbocycles. The molecule has 0 fully saturated rings. The molecule has 0 saturated heterocycles. The molecule has 2 nitrogen and oxygen atoms in total. The highest BCUT2D eigenvalue weighted by Gasteiger charge is 2.03. The normalized spacial score (nSPS) is 8.80. The number of aryl methyl sites for hydroxylation is 1. The zero-order chi connectivity index (χ0) is 11.3. The molecule has 2 heteroatoms. The van der Waals surface area contributed by atoms with Crippen molar-refractivity contribution < 1.29 is 0 Å². The van der Waals surface area contributed by atoms with Gasteiger partial charge in [-0.05, 0) is 30.0 Å². The Morgan fingerprint density at radius 2 is 1.93 bits per heavy atom. The van der Waals surface area contributed by atoms with Crippen molar-refractivity contribution in [3.8, 4) is 12.1 Å². The Balaban J connectivity index is 3.24. The van der Waals surface area contributed by atoms with Crippen molar-refractivity contribution in [2.75, 3.05) is 0 Å². The summed E-state index contributed by atoms with van der Waals surface area (Å²) in [4.78, 5) is 0. The van der Waals surface area contributed by atoms with Gasteiger partial charge in [0.05, 0.1) is 0 Å². The van der Waals surface area contributed by atoms with E-state index in [1.807, 2.05) is 36.4 Å². The van der Waals surface area contributed by atoms with Gasteiger partial charge in [-0.1, -0.05) is 31.2 Å². The number of benzene rings is 1. The molecule has 74 valence electrons. The van der Waals surface area contributed by atoms with Crippen LogP contribution in [0.1, 0.15) is 25.0 Å². The summed E-state index contributed by atoms with van der Waals surface area (Å²) in [6, 6.07) is 11.7. The fraction of sp³-hybridized carbons (Fsp3) is 0.231. The van der Waals surface area contributed by atoms with E-state index >= 15 is 0 Å². The molecule has 0 saturated carbocycles. The number of nitrogens with zero attached hydrogens (tertiary/aromatic N) is 2. The van der Waals surface area contributed by atoms with E-state index in [1.165, 1.54) is 5.56 Å². The van der Waals surface area contributed by atoms with Crippen molar-refractivity contribution in [2.45, 2.75) is 20.3 Å². The van der Waals surface area contributed by atoms with Crippen LogP contribution in [-0.4, -0.2) is 0 Å². The maximum Gasteiger partial charge on any atom is 0.133 e. The van der Waals surface area contributed by atoms with Gasteiger partial charge in [-0.3, -0.25) is 0 Å². The van der Waals surface area contributed by atoms with Gasteiger partial charge in [0, 0.05) is 0 Å². The highest BCUT2D eigenvalue weighted by atomic mass is 14.3. The largest absolute Gasteiger partial charge is 0.192 e. The van der Waals surface area contributed by atoms with E-state index in [-0.39, 0.29) is 5.57 Å². The molecule has 0 N–H and O–H groups in total. The summed E-state index contributed by atoms with van der Waals surface area (Å²) in [5.74, 6) is 0. The van der Waals surface area contributed by atoms with Gasteiger partial charge in [0.1, 0.15) is 17.7 Å². The number of hydrogen-bond donors (Lipinski definition) is 0. The number of hydrogen-bond acceptors (Lipinski definition) is 2. The topological polar surface area (TPSA) is 47.6 Å². The summed E-state index contributed by atoms with van der Waals surface area (Å²) in [6.07, 6.45) is 0.954. The van der Waals surface area contributed by atoms with Gasteiger partial charge in [0.25, 0.3) is 0 Å². The second kappa shape index (κ2) is 4.98. The standard InChI is InChI=1S/C13H12N2/c1-3-11-5-4-6-12(7-11)10(2)13(8-14)9-15/h4-7H,3H2,1-2H3. The molecule has 0 aromatic heterocycles. The fourth-order valence-electron chi connectivity index (χ4n) is 1.36. The second-order valence-corrected chi connectivity index (χ2v) is 3.28. The molecule has 0 amide bonds. The summed E-state index contributed by atoms with van der Waals surface area (Å²) in [5, 5.41) is 17.5. The number of allylic oxidation sites excluding steroid dienone is 2. The van der Waals surface area contributed by atoms with Crippen LogP contribution in [0.5, 0.6) is 0 Å². The molecule has 0 heterocycles. The minimum absolute atomic E-state index is 0.184. The monoisotopic (exact) mass is 196 g/mol. The van der Waals surface area contributed by atoms with Crippen LogP contribution in [0, 0.1) is 22.7 Å². The first kappa shape index (κ1) is 11.0. The fourth-order valence-corrected chi connectivity index (χ4v) is 1.36. The summed E-state index contributed by atoms with van der Waals surface area (Å²) in [5.41, 5.74) is 3.09. The number of rotatable bonds is 2. The van der Waals surface area contributed by atoms with Gasteiger partial charge in [-0.25, -0.2) is 0 Å². The van der Waals surface area contributed by atoms with Crippen molar-refractivity contribution in [3.05, 3.63) is 41.0 Å². The SMILES string of the molecule is CCc1cccc(C(C)=C(C#N)C#N)c1. The van der Waals surface area contributed by atoms with E-state index < -0.39 is 0 Å². The predicted molar refractivity (Wildman–Crippen MR) is 59.6 cm³/mol. The lowest BCUT2D eigenvalue weighted by Gasteiger charge is -2.03. The zero-order valence-corrected chi connectivity index (χ0v) is 8.91. The van der Waals surface area contributed by atoms with E-state index in [4.69, 9.17) is 10.5 Å². The Bertz CT molecular complexity index is 454. The quantitative estimate of drug-likeness (QED) is 0.682. The second-order valence-electron chi connectivity index (χ2n) is 3.28. The zero-order valence-electron chi connectivity index (χ0n) is 8.91. The van der Waals surface area contributed by atoms with E-state index in [1.54, 1.807) is 6.92 Å². The van der Waals surface area contributed by atoms with Gasteiger partial charge < -0.3 is 0 Å². The Hall–Kier alpha value is -2.06. The predicted octanol–water partition coefficient (Wildman–Crippen LogP) is 3.07. The first-order valence-corrected chi connectivity index (χ1v) is 4.83. The molecule has 0 atom stereocenters. The molecule has 0 bridgehead atoms. The summed E-state index contributed by atoms with van der Waals surface area (Å²) >= 11 is 0. The lowest BCUT2D eigenvalue weighted by Crippen LogP contribution is -1.87. The maximum absolute atomic E-state index is 8.75. The van der Waals surface area contributed by atoms with Gasteiger partial charge >= 0.3 is 0 Å². The van der Waals surface area contributed by atoms with Crippen LogP contribution >= 0.6 is 0 Å².